The summed E-state index contributed by atoms with van der Waals surface area (Å²) in [5, 5.41) is 9.61. The van der Waals surface area contributed by atoms with Crippen molar-refractivity contribution in [1.29, 1.82) is 0 Å². The molecule has 0 saturated carbocycles. The van der Waals surface area contributed by atoms with Crippen LogP contribution < -0.4 is 4.74 Å². The molecule has 0 fully saturated rings. The zero-order valence-electron chi connectivity index (χ0n) is 12.1. The van der Waals surface area contributed by atoms with Crippen molar-refractivity contribution in [2.45, 2.75) is 23.0 Å². The maximum Gasteiger partial charge on any atom is 0.320 e. The van der Waals surface area contributed by atoms with Gasteiger partial charge >= 0.3 is 5.97 Å². The van der Waals surface area contributed by atoms with Gasteiger partial charge in [-0.2, -0.15) is 0 Å². The number of carbonyl (C=O) groups is 1. The molecular formula is C17H18O3S. The minimum absolute atomic E-state index is 0.472. The zero-order chi connectivity index (χ0) is 15.3. The summed E-state index contributed by atoms with van der Waals surface area (Å²) in [6.45, 7) is 1.76. The third-order valence-electron chi connectivity index (χ3n) is 3.24. The third-order valence-corrected chi connectivity index (χ3v) is 4.52. The summed E-state index contributed by atoms with van der Waals surface area (Å²) in [5.41, 5.74) is 1.02. The molecule has 0 radical (unpaired) electrons. The number of thioether (sulfide) groups is 1. The molecule has 0 heterocycles. The van der Waals surface area contributed by atoms with E-state index in [9.17, 15) is 9.90 Å². The summed E-state index contributed by atoms with van der Waals surface area (Å²) >= 11 is 1.36. The minimum Gasteiger partial charge on any atom is -0.497 e. The van der Waals surface area contributed by atoms with Crippen LogP contribution in [0.25, 0.3) is 0 Å². The van der Waals surface area contributed by atoms with Crippen molar-refractivity contribution < 1.29 is 14.6 Å². The molecular weight excluding hydrogens is 284 g/mol. The van der Waals surface area contributed by atoms with Gasteiger partial charge in [-0.1, -0.05) is 30.3 Å². The number of methoxy groups -OCH3 is 1. The van der Waals surface area contributed by atoms with E-state index in [0.717, 1.165) is 16.2 Å². The largest absolute Gasteiger partial charge is 0.497 e. The molecule has 1 atom stereocenters. The molecule has 0 spiro atoms. The molecule has 2 aromatic rings. The van der Waals surface area contributed by atoms with Gasteiger partial charge < -0.3 is 9.84 Å². The van der Waals surface area contributed by atoms with Crippen LogP contribution in [0.15, 0.2) is 59.5 Å². The lowest BCUT2D eigenvalue weighted by atomic mass is 10.0. The molecule has 1 N–H and O–H groups in total. The highest BCUT2D eigenvalue weighted by atomic mass is 32.2. The number of aliphatic carboxylic acids is 1. The molecule has 21 heavy (non-hydrogen) atoms. The Balaban J connectivity index is 2.19. The average molecular weight is 302 g/mol. The van der Waals surface area contributed by atoms with Crippen molar-refractivity contribution in [1.82, 2.24) is 0 Å². The Labute approximate surface area is 129 Å². The first-order valence-electron chi connectivity index (χ1n) is 6.64. The SMILES string of the molecule is COc1ccc(SC(C)(Cc2ccccc2)C(=O)O)cc1. The summed E-state index contributed by atoms with van der Waals surface area (Å²) in [7, 11) is 1.61. The minimum atomic E-state index is -0.907. The molecule has 0 aliphatic carbocycles. The molecule has 2 aromatic carbocycles. The number of carboxylic acids is 1. The summed E-state index contributed by atoms with van der Waals surface area (Å²) < 4.78 is 4.21. The van der Waals surface area contributed by atoms with E-state index in [1.807, 2.05) is 54.6 Å². The molecule has 0 aliphatic rings. The van der Waals surface area contributed by atoms with Gasteiger partial charge in [0.2, 0.25) is 0 Å². The van der Waals surface area contributed by atoms with E-state index in [0.29, 0.717) is 6.42 Å². The van der Waals surface area contributed by atoms with Crippen molar-refractivity contribution in [2.24, 2.45) is 0 Å². The number of rotatable bonds is 6. The maximum absolute atomic E-state index is 11.7. The number of hydrogen-bond donors (Lipinski definition) is 1. The van der Waals surface area contributed by atoms with Gasteiger partial charge in [0.15, 0.2) is 0 Å². The first kappa shape index (κ1) is 15.4. The first-order chi connectivity index (χ1) is 10.0. The molecule has 0 bridgehead atoms. The Morgan fingerprint density at radius 1 is 1.14 bits per heavy atom. The van der Waals surface area contributed by atoms with E-state index < -0.39 is 10.7 Å². The van der Waals surface area contributed by atoms with E-state index in [1.54, 1.807) is 14.0 Å². The predicted octanol–water partition coefficient (Wildman–Crippen LogP) is 3.87. The van der Waals surface area contributed by atoms with Gasteiger partial charge in [0.05, 0.1) is 7.11 Å². The molecule has 0 aromatic heterocycles. The molecule has 110 valence electrons. The monoisotopic (exact) mass is 302 g/mol. The zero-order valence-corrected chi connectivity index (χ0v) is 12.9. The number of carboxylic acid groups (broad SMARTS) is 1. The van der Waals surface area contributed by atoms with Crippen LogP contribution in [0, 0.1) is 0 Å². The van der Waals surface area contributed by atoms with Gasteiger partial charge in [-0.05, 0) is 43.2 Å². The second-order valence-electron chi connectivity index (χ2n) is 4.98. The normalized spacial score (nSPS) is 13.4. The smallest absolute Gasteiger partial charge is 0.320 e. The molecule has 4 heteroatoms. The Morgan fingerprint density at radius 2 is 1.76 bits per heavy atom. The lowest BCUT2D eigenvalue weighted by molar-refractivity contribution is -0.139. The van der Waals surface area contributed by atoms with Crippen LogP contribution in [0.5, 0.6) is 5.75 Å². The molecule has 1 unspecified atom stereocenters. The van der Waals surface area contributed by atoms with Crippen molar-refractivity contribution >= 4 is 17.7 Å². The van der Waals surface area contributed by atoms with Crippen LogP contribution in [-0.2, 0) is 11.2 Å². The Kier molecular flexibility index (Phi) is 4.91. The van der Waals surface area contributed by atoms with Crippen molar-refractivity contribution in [2.75, 3.05) is 7.11 Å². The summed E-state index contributed by atoms with van der Waals surface area (Å²) in [4.78, 5) is 12.6. The fraction of sp³-hybridized carbons (Fsp3) is 0.235. The summed E-state index contributed by atoms with van der Waals surface area (Å²) in [6.07, 6.45) is 0.472. The van der Waals surface area contributed by atoms with E-state index in [1.165, 1.54) is 11.8 Å². The molecule has 0 aliphatic heterocycles. The lowest BCUT2D eigenvalue weighted by Gasteiger charge is -2.24. The second-order valence-corrected chi connectivity index (χ2v) is 6.55. The Bertz CT molecular complexity index is 595. The number of hydrogen-bond acceptors (Lipinski definition) is 3. The van der Waals surface area contributed by atoms with E-state index in [2.05, 4.69) is 0 Å². The van der Waals surface area contributed by atoms with Crippen LogP contribution in [0.4, 0.5) is 0 Å². The number of ether oxygens (including phenoxy) is 1. The van der Waals surface area contributed by atoms with Crippen LogP contribution in [0.2, 0.25) is 0 Å². The molecule has 3 nitrogen and oxygen atoms in total. The molecule has 0 saturated heterocycles. The van der Waals surface area contributed by atoms with E-state index in [4.69, 9.17) is 4.74 Å². The second kappa shape index (κ2) is 6.68. The molecule has 0 amide bonds. The van der Waals surface area contributed by atoms with Gasteiger partial charge in [0.25, 0.3) is 0 Å². The van der Waals surface area contributed by atoms with Crippen molar-refractivity contribution in [3.05, 3.63) is 60.2 Å². The van der Waals surface area contributed by atoms with Crippen molar-refractivity contribution in [3.63, 3.8) is 0 Å². The average Bonchev–Trinajstić information content (AvgIpc) is 2.49. The Hall–Kier alpha value is -1.94. The standard InChI is InChI=1S/C17H18O3S/c1-17(16(18)19,12-13-6-4-3-5-7-13)21-15-10-8-14(20-2)9-11-15/h3-11H,12H2,1-2H3,(H,18,19). The van der Waals surface area contributed by atoms with Gasteiger partial charge in [0.1, 0.15) is 10.5 Å². The fourth-order valence-electron chi connectivity index (χ4n) is 2.04. The van der Waals surface area contributed by atoms with Crippen LogP contribution in [-0.4, -0.2) is 22.9 Å². The maximum atomic E-state index is 11.7. The summed E-state index contributed by atoms with van der Waals surface area (Å²) in [6, 6.07) is 17.1. The highest BCUT2D eigenvalue weighted by Gasteiger charge is 2.34. The third kappa shape index (κ3) is 4.02. The van der Waals surface area contributed by atoms with E-state index in [-0.39, 0.29) is 0 Å². The van der Waals surface area contributed by atoms with Crippen LogP contribution in [0.1, 0.15) is 12.5 Å². The number of benzene rings is 2. The van der Waals surface area contributed by atoms with Crippen LogP contribution in [0.3, 0.4) is 0 Å². The topological polar surface area (TPSA) is 46.5 Å². The Morgan fingerprint density at radius 3 is 2.29 bits per heavy atom. The first-order valence-corrected chi connectivity index (χ1v) is 7.45. The van der Waals surface area contributed by atoms with Gasteiger partial charge in [-0.25, -0.2) is 0 Å². The van der Waals surface area contributed by atoms with Crippen molar-refractivity contribution in [3.8, 4) is 5.75 Å². The van der Waals surface area contributed by atoms with Gasteiger partial charge in [0, 0.05) is 4.90 Å². The van der Waals surface area contributed by atoms with E-state index >= 15 is 0 Å². The highest BCUT2D eigenvalue weighted by molar-refractivity contribution is 8.01. The lowest BCUT2D eigenvalue weighted by Crippen LogP contribution is -2.33. The fourth-order valence-corrected chi connectivity index (χ4v) is 3.16. The van der Waals surface area contributed by atoms with Crippen LogP contribution >= 0.6 is 11.8 Å². The molecule has 2 rings (SSSR count). The predicted molar refractivity (Wildman–Crippen MR) is 85.0 cm³/mol. The van der Waals surface area contributed by atoms with Gasteiger partial charge in [-0.3, -0.25) is 4.79 Å². The highest BCUT2D eigenvalue weighted by Crippen LogP contribution is 2.36. The quantitative estimate of drug-likeness (QED) is 0.823. The van der Waals surface area contributed by atoms with Gasteiger partial charge in [-0.15, -0.1) is 11.8 Å². The summed E-state index contributed by atoms with van der Waals surface area (Å²) in [5.74, 6) is -0.0494.